The van der Waals surface area contributed by atoms with E-state index in [1.807, 2.05) is 24.3 Å². The van der Waals surface area contributed by atoms with Crippen molar-refractivity contribution in [3.63, 3.8) is 0 Å². The summed E-state index contributed by atoms with van der Waals surface area (Å²) in [5.41, 5.74) is 1.13. The van der Waals surface area contributed by atoms with E-state index < -0.39 is 5.97 Å². The number of carbonyl (C=O) groups is 2. The van der Waals surface area contributed by atoms with Gasteiger partial charge in [-0.15, -0.1) is 0 Å². The normalized spacial score (nSPS) is 12.6. The fraction of sp³-hybridized carbons (Fsp3) is 0.391. The minimum Gasteiger partial charge on any atom is -0.497 e. The molecule has 0 unspecified atom stereocenters. The molecule has 0 N–H and O–H groups in total. The first-order valence-electron chi connectivity index (χ1n) is 9.90. The zero-order valence-corrected chi connectivity index (χ0v) is 18.2. The van der Waals surface area contributed by atoms with E-state index in [0.717, 1.165) is 24.2 Å². The molecule has 1 aliphatic rings. The van der Waals surface area contributed by atoms with Gasteiger partial charge in [-0.2, -0.15) is 0 Å². The van der Waals surface area contributed by atoms with E-state index in [2.05, 4.69) is 0 Å². The van der Waals surface area contributed by atoms with E-state index in [0.29, 0.717) is 18.0 Å². The lowest BCUT2D eigenvalue weighted by atomic mass is 10.1. The number of ether oxygens (including phenoxy) is 5. The van der Waals surface area contributed by atoms with Gasteiger partial charge in [-0.3, -0.25) is 4.79 Å². The molecule has 31 heavy (non-hydrogen) atoms. The van der Waals surface area contributed by atoms with Crippen molar-refractivity contribution in [3.05, 3.63) is 47.5 Å². The van der Waals surface area contributed by atoms with Gasteiger partial charge in [-0.1, -0.05) is 12.1 Å². The first kappa shape index (κ1) is 22.3. The third-order valence-electron chi connectivity index (χ3n) is 5.07. The summed E-state index contributed by atoms with van der Waals surface area (Å²) in [7, 11) is 6.00. The van der Waals surface area contributed by atoms with Gasteiger partial charge in [0.15, 0.2) is 18.1 Å². The topological polar surface area (TPSA) is 83.5 Å². The average Bonchev–Trinajstić information content (AvgIpc) is 3.65. The number of methoxy groups -OCH3 is 4. The van der Waals surface area contributed by atoms with Crippen molar-refractivity contribution in [2.45, 2.75) is 25.4 Å². The molecule has 1 aliphatic carbocycles. The molecular weight excluding hydrogens is 402 g/mol. The fourth-order valence-electron chi connectivity index (χ4n) is 3.21. The molecule has 1 amide bonds. The molecule has 0 heterocycles. The van der Waals surface area contributed by atoms with Gasteiger partial charge in [0, 0.05) is 24.7 Å². The van der Waals surface area contributed by atoms with Crippen LogP contribution >= 0.6 is 0 Å². The Hall–Kier alpha value is -3.42. The Morgan fingerprint density at radius 2 is 1.48 bits per heavy atom. The van der Waals surface area contributed by atoms with Gasteiger partial charge in [-0.25, -0.2) is 4.79 Å². The van der Waals surface area contributed by atoms with Gasteiger partial charge in [0.25, 0.3) is 5.91 Å². The summed E-state index contributed by atoms with van der Waals surface area (Å²) in [4.78, 5) is 27.2. The molecule has 2 aromatic rings. The quantitative estimate of drug-likeness (QED) is 0.537. The van der Waals surface area contributed by atoms with E-state index in [1.54, 1.807) is 12.0 Å². The maximum Gasteiger partial charge on any atom is 0.342 e. The summed E-state index contributed by atoms with van der Waals surface area (Å²) in [6.45, 7) is 0.0910. The Kier molecular flexibility index (Phi) is 7.23. The molecule has 0 aromatic heterocycles. The van der Waals surface area contributed by atoms with Gasteiger partial charge in [0.05, 0.1) is 28.4 Å². The summed E-state index contributed by atoms with van der Waals surface area (Å²) < 4.78 is 26.2. The van der Waals surface area contributed by atoms with Crippen LogP contribution in [0.15, 0.2) is 36.4 Å². The number of hydrogen-bond donors (Lipinski definition) is 0. The van der Waals surface area contributed by atoms with Crippen molar-refractivity contribution in [2.75, 3.05) is 35.0 Å². The third-order valence-corrected chi connectivity index (χ3v) is 5.07. The Labute approximate surface area is 181 Å². The Balaban J connectivity index is 1.67. The summed E-state index contributed by atoms with van der Waals surface area (Å²) in [5.74, 6) is 0.891. The summed E-state index contributed by atoms with van der Waals surface area (Å²) >= 11 is 0. The highest BCUT2D eigenvalue weighted by Crippen LogP contribution is 2.35. The van der Waals surface area contributed by atoms with Gasteiger partial charge in [0.1, 0.15) is 17.1 Å². The largest absolute Gasteiger partial charge is 0.497 e. The summed E-state index contributed by atoms with van der Waals surface area (Å²) in [5, 5.41) is 0. The van der Waals surface area contributed by atoms with Crippen LogP contribution < -0.4 is 18.9 Å². The smallest absolute Gasteiger partial charge is 0.342 e. The van der Waals surface area contributed by atoms with Crippen molar-refractivity contribution in [2.24, 2.45) is 0 Å². The highest BCUT2D eigenvalue weighted by atomic mass is 16.5. The van der Waals surface area contributed by atoms with Gasteiger partial charge < -0.3 is 28.6 Å². The second-order valence-electron chi connectivity index (χ2n) is 7.08. The maximum atomic E-state index is 12.8. The van der Waals surface area contributed by atoms with Crippen molar-refractivity contribution < 1.29 is 33.3 Å². The minimum absolute atomic E-state index is 0.154. The zero-order valence-electron chi connectivity index (χ0n) is 18.2. The highest BCUT2D eigenvalue weighted by molar-refractivity contribution is 5.95. The molecule has 8 heteroatoms. The second kappa shape index (κ2) is 10.1. The van der Waals surface area contributed by atoms with Gasteiger partial charge in [-0.05, 0) is 30.5 Å². The molecule has 0 saturated heterocycles. The number of amides is 1. The summed E-state index contributed by atoms with van der Waals surface area (Å²) in [6.07, 6.45) is 1.89. The number of benzene rings is 2. The predicted molar refractivity (Wildman–Crippen MR) is 113 cm³/mol. The number of rotatable bonds is 10. The van der Waals surface area contributed by atoms with Crippen LogP contribution in [-0.4, -0.2) is 57.9 Å². The molecule has 1 saturated carbocycles. The fourth-order valence-corrected chi connectivity index (χ4v) is 3.21. The summed E-state index contributed by atoms with van der Waals surface area (Å²) in [6, 6.07) is 10.7. The van der Waals surface area contributed by atoms with Crippen molar-refractivity contribution in [1.82, 2.24) is 4.90 Å². The van der Waals surface area contributed by atoms with Crippen LogP contribution in [0, 0.1) is 0 Å². The Morgan fingerprint density at radius 3 is 2.03 bits per heavy atom. The lowest BCUT2D eigenvalue weighted by Gasteiger charge is -2.22. The van der Waals surface area contributed by atoms with Crippen molar-refractivity contribution in [3.8, 4) is 23.0 Å². The van der Waals surface area contributed by atoms with Crippen LogP contribution in [0.25, 0.3) is 0 Å². The monoisotopic (exact) mass is 429 g/mol. The molecule has 3 rings (SSSR count). The molecule has 8 nitrogen and oxygen atoms in total. The van der Waals surface area contributed by atoms with Crippen LogP contribution in [0.5, 0.6) is 23.0 Å². The molecule has 1 fully saturated rings. The molecule has 0 atom stereocenters. The number of hydrogen-bond acceptors (Lipinski definition) is 7. The molecule has 0 aliphatic heterocycles. The maximum absolute atomic E-state index is 12.8. The average molecular weight is 429 g/mol. The zero-order chi connectivity index (χ0) is 22.4. The molecule has 0 radical (unpaired) electrons. The third kappa shape index (κ3) is 5.39. The predicted octanol–water partition coefficient (Wildman–Crippen LogP) is 3.07. The lowest BCUT2D eigenvalue weighted by molar-refractivity contribution is -0.135. The van der Waals surface area contributed by atoms with Crippen LogP contribution in [-0.2, 0) is 16.1 Å². The SMILES string of the molecule is COc1ccc(CN(C(=O)COC(=O)c2cc(OC)c(OC)cc2OC)C2CC2)cc1. The van der Waals surface area contributed by atoms with E-state index in [4.69, 9.17) is 23.7 Å². The number of carbonyl (C=O) groups excluding carboxylic acids is 2. The van der Waals surface area contributed by atoms with E-state index in [9.17, 15) is 9.59 Å². The van der Waals surface area contributed by atoms with Gasteiger partial charge >= 0.3 is 5.97 Å². The van der Waals surface area contributed by atoms with E-state index >= 15 is 0 Å². The Morgan fingerprint density at radius 1 is 0.871 bits per heavy atom. The second-order valence-corrected chi connectivity index (χ2v) is 7.08. The van der Waals surface area contributed by atoms with Crippen molar-refractivity contribution >= 4 is 11.9 Å². The molecule has 2 aromatic carbocycles. The van der Waals surface area contributed by atoms with Crippen LogP contribution in [0.2, 0.25) is 0 Å². The highest BCUT2D eigenvalue weighted by Gasteiger charge is 2.33. The first-order chi connectivity index (χ1) is 15.0. The minimum atomic E-state index is -0.675. The first-order valence-corrected chi connectivity index (χ1v) is 9.90. The molecule has 0 bridgehead atoms. The van der Waals surface area contributed by atoms with Gasteiger partial charge in [0.2, 0.25) is 0 Å². The van der Waals surface area contributed by atoms with Crippen LogP contribution in [0.1, 0.15) is 28.8 Å². The molecular formula is C23H27NO7. The van der Waals surface area contributed by atoms with Crippen LogP contribution in [0.4, 0.5) is 0 Å². The standard InChI is InChI=1S/C23H27NO7/c1-27-17-9-5-15(6-10-17)13-24(16-7-8-16)22(25)14-31-23(26)18-11-20(29-3)21(30-4)12-19(18)28-2/h5-6,9-12,16H,7-8,13-14H2,1-4H3. The van der Waals surface area contributed by atoms with E-state index in [-0.39, 0.29) is 29.9 Å². The number of nitrogens with zero attached hydrogens (tertiary/aromatic N) is 1. The number of esters is 1. The Bertz CT molecular complexity index is 922. The molecule has 166 valence electrons. The van der Waals surface area contributed by atoms with Crippen LogP contribution in [0.3, 0.4) is 0 Å². The van der Waals surface area contributed by atoms with Crippen molar-refractivity contribution in [1.29, 1.82) is 0 Å². The lowest BCUT2D eigenvalue weighted by Crippen LogP contribution is -2.36. The van der Waals surface area contributed by atoms with E-state index in [1.165, 1.54) is 33.5 Å². The molecule has 0 spiro atoms.